The third-order valence-electron chi connectivity index (χ3n) is 2.50. The van der Waals surface area contributed by atoms with Gasteiger partial charge in [-0.1, -0.05) is 13.8 Å². The predicted molar refractivity (Wildman–Crippen MR) is 67.5 cm³/mol. The summed E-state index contributed by atoms with van der Waals surface area (Å²) in [6.07, 6.45) is 3.68. The van der Waals surface area contributed by atoms with Crippen LogP contribution in [0.15, 0.2) is 12.4 Å². The smallest absolute Gasteiger partial charge is 0.225 e. The van der Waals surface area contributed by atoms with Gasteiger partial charge in [-0.2, -0.15) is 0 Å². The van der Waals surface area contributed by atoms with Gasteiger partial charge in [0.2, 0.25) is 5.95 Å². The fourth-order valence-electron chi connectivity index (χ4n) is 1.12. The second-order valence-corrected chi connectivity index (χ2v) is 5.04. The van der Waals surface area contributed by atoms with Crippen molar-refractivity contribution >= 4 is 28.5 Å². The minimum atomic E-state index is 0.454. The number of nitrogens with zero attached hydrogens (tertiary/aromatic N) is 3. The molecule has 0 aromatic carbocycles. The second kappa shape index (κ2) is 4.91. The number of hydrogen-bond donors (Lipinski definition) is 0. The van der Waals surface area contributed by atoms with E-state index >= 15 is 0 Å². The van der Waals surface area contributed by atoms with Gasteiger partial charge in [0.05, 0.1) is 0 Å². The summed E-state index contributed by atoms with van der Waals surface area (Å²) in [7, 11) is 2.03. The Morgan fingerprint density at radius 1 is 1.21 bits per heavy atom. The second-order valence-electron chi connectivity index (χ2n) is 3.80. The number of aromatic nitrogens is 2. The molecule has 0 aliphatic heterocycles. The Hall–Kier alpha value is -0.390. The molecular formula is C10H16IN3. The highest BCUT2D eigenvalue weighted by atomic mass is 127. The van der Waals surface area contributed by atoms with Crippen molar-refractivity contribution < 1.29 is 0 Å². The maximum Gasteiger partial charge on any atom is 0.225 e. The Kier molecular flexibility index (Phi) is 4.10. The zero-order chi connectivity index (χ0) is 10.7. The van der Waals surface area contributed by atoms with Gasteiger partial charge in [-0.15, -0.1) is 0 Å². The van der Waals surface area contributed by atoms with Gasteiger partial charge in [-0.25, -0.2) is 9.97 Å². The van der Waals surface area contributed by atoms with E-state index in [4.69, 9.17) is 0 Å². The van der Waals surface area contributed by atoms with Gasteiger partial charge in [0.15, 0.2) is 0 Å². The summed E-state index contributed by atoms with van der Waals surface area (Å²) in [4.78, 5) is 10.7. The molecule has 0 amide bonds. The lowest BCUT2D eigenvalue weighted by molar-refractivity contribution is 0.499. The first-order chi connectivity index (χ1) is 6.52. The van der Waals surface area contributed by atoms with Gasteiger partial charge in [-0.3, -0.25) is 0 Å². The van der Waals surface area contributed by atoms with Crippen LogP contribution in [0.2, 0.25) is 0 Å². The van der Waals surface area contributed by atoms with Crippen LogP contribution in [0.3, 0.4) is 0 Å². The number of rotatable bonds is 3. The minimum absolute atomic E-state index is 0.454. The Balaban J connectivity index is 2.78. The third-order valence-corrected chi connectivity index (χ3v) is 3.05. The normalized spacial score (nSPS) is 13.0. The quantitative estimate of drug-likeness (QED) is 0.804. The van der Waals surface area contributed by atoms with Crippen LogP contribution < -0.4 is 4.90 Å². The molecule has 0 saturated carbocycles. The Morgan fingerprint density at radius 3 is 2.14 bits per heavy atom. The van der Waals surface area contributed by atoms with Crippen LogP contribution >= 0.6 is 22.6 Å². The largest absolute Gasteiger partial charge is 0.341 e. The maximum absolute atomic E-state index is 4.29. The molecule has 0 saturated heterocycles. The fourth-order valence-corrected chi connectivity index (χ4v) is 1.40. The van der Waals surface area contributed by atoms with E-state index in [1.807, 2.05) is 19.4 Å². The highest BCUT2D eigenvalue weighted by Gasteiger charge is 2.15. The summed E-state index contributed by atoms with van der Waals surface area (Å²) < 4.78 is 1.07. The van der Waals surface area contributed by atoms with E-state index in [9.17, 15) is 0 Å². The molecule has 3 nitrogen and oxygen atoms in total. The summed E-state index contributed by atoms with van der Waals surface area (Å²) in [6.45, 7) is 6.59. The minimum Gasteiger partial charge on any atom is -0.341 e. The van der Waals surface area contributed by atoms with Gasteiger partial charge in [0.1, 0.15) is 0 Å². The summed E-state index contributed by atoms with van der Waals surface area (Å²) in [6, 6.07) is 0.454. The average molecular weight is 305 g/mol. The molecule has 1 rings (SSSR count). The van der Waals surface area contributed by atoms with Gasteiger partial charge in [-0.05, 0) is 35.4 Å². The van der Waals surface area contributed by atoms with Crippen molar-refractivity contribution in [1.29, 1.82) is 0 Å². The first-order valence-electron chi connectivity index (χ1n) is 4.72. The zero-order valence-electron chi connectivity index (χ0n) is 9.03. The standard InChI is InChI=1S/C10H16IN3/c1-7(2)8(3)14(4)10-12-5-9(11)6-13-10/h5-8H,1-4H3. The monoisotopic (exact) mass is 305 g/mol. The predicted octanol–water partition coefficient (Wildman–Crippen LogP) is 2.56. The van der Waals surface area contributed by atoms with E-state index in [-0.39, 0.29) is 0 Å². The Labute approximate surface area is 99.1 Å². The van der Waals surface area contributed by atoms with Crippen molar-refractivity contribution in [3.05, 3.63) is 16.0 Å². The molecule has 0 aliphatic rings. The third kappa shape index (κ3) is 2.80. The van der Waals surface area contributed by atoms with Crippen LogP contribution in [0.4, 0.5) is 5.95 Å². The maximum atomic E-state index is 4.29. The Bertz CT molecular complexity index is 284. The van der Waals surface area contributed by atoms with Crippen molar-refractivity contribution in [1.82, 2.24) is 9.97 Å². The van der Waals surface area contributed by atoms with Gasteiger partial charge in [0, 0.05) is 29.1 Å². The topological polar surface area (TPSA) is 29.0 Å². The van der Waals surface area contributed by atoms with E-state index in [1.54, 1.807) is 0 Å². The van der Waals surface area contributed by atoms with Crippen LogP contribution in [0.25, 0.3) is 0 Å². The van der Waals surface area contributed by atoms with Crippen molar-refractivity contribution in [2.45, 2.75) is 26.8 Å². The first kappa shape index (κ1) is 11.7. The lowest BCUT2D eigenvalue weighted by Gasteiger charge is -2.27. The summed E-state index contributed by atoms with van der Waals surface area (Å²) in [5, 5.41) is 0. The van der Waals surface area contributed by atoms with Gasteiger partial charge in [0.25, 0.3) is 0 Å². The van der Waals surface area contributed by atoms with E-state index < -0.39 is 0 Å². The molecule has 1 aromatic rings. The van der Waals surface area contributed by atoms with Crippen LogP contribution in [0, 0.1) is 9.49 Å². The molecule has 14 heavy (non-hydrogen) atoms. The van der Waals surface area contributed by atoms with Gasteiger partial charge < -0.3 is 4.90 Å². The molecule has 0 aliphatic carbocycles. The molecule has 0 bridgehead atoms. The molecule has 78 valence electrons. The van der Waals surface area contributed by atoms with Crippen molar-refractivity contribution in [3.63, 3.8) is 0 Å². The molecule has 0 N–H and O–H groups in total. The summed E-state index contributed by atoms with van der Waals surface area (Å²) in [5.41, 5.74) is 0. The molecule has 1 aromatic heterocycles. The van der Waals surface area contributed by atoms with Crippen LogP contribution in [0.5, 0.6) is 0 Å². The molecule has 0 fully saturated rings. The molecule has 1 unspecified atom stereocenters. The van der Waals surface area contributed by atoms with Crippen LogP contribution in [0.1, 0.15) is 20.8 Å². The van der Waals surface area contributed by atoms with Crippen LogP contribution in [-0.4, -0.2) is 23.1 Å². The number of hydrogen-bond acceptors (Lipinski definition) is 3. The van der Waals surface area contributed by atoms with Crippen molar-refractivity contribution in [3.8, 4) is 0 Å². The molecule has 1 heterocycles. The Morgan fingerprint density at radius 2 is 1.71 bits per heavy atom. The highest BCUT2D eigenvalue weighted by molar-refractivity contribution is 14.1. The summed E-state index contributed by atoms with van der Waals surface area (Å²) in [5.74, 6) is 1.40. The number of halogens is 1. The van der Waals surface area contributed by atoms with Gasteiger partial charge >= 0.3 is 0 Å². The van der Waals surface area contributed by atoms with E-state index in [0.717, 1.165) is 9.52 Å². The molecular weight excluding hydrogens is 289 g/mol. The van der Waals surface area contributed by atoms with Crippen molar-refractivity contribution in [2.24, 2.45) is 5.92 Å². The molecule has 1 atom stereocenters. The van der Waals surface area contributed by atoms with Crippen LogP contribution in [-0.2, 0) is 0 Å². The molecule has 0 radical (unpaired) electrons. The molecule has 0 spiro atoms. The lowest BCUT2D eigenvalue weighted by atomic mass is 10.1. The van der Waals surface area contributed by atoms with Crippen molar-refractivity contribution in [2.75, 3.05) is 11.9 Å². The molecule has 4 heteroatoms. The average Bonchev–Trinajstić information content (AvgIpc) is 2.16. The SMILES string of the molecule is CC(C)C(C)N(C)c1ncc(I)cn1. The van der Waals surface area contributed by atoms with E-state index in [0.29, 0.717) is 12.0 Å². The summed E-state index contributed by atoms with van der Waals surface area (Å²) >= 11 is 2.21. The lowest BCUT2D eigenvalue weighted by Crippen LogP contribution is -2.34. The van der Waals surface area contributed by atoms with E-state index in [1.165, 1.54) is 0 Å². The fraction of sp³-hybridized carbons (Fsp3) is 0.600. The zero-order valence-corrected chi connectivity index (χ0v) is 11.2. The van der Waals surface area contributed by atoms with E-state index in [2.05, 4.69) is 58.2 Å². The first-order valence-corrected chi connectivity index (χ1v) is 5.80. The number of anilines is 1. The highest BCUT2D eigenvalue weighted by Crippen LogP contribution is 2.14.